The van der Waals surface area contributed by atoms with Gasteiger partial charge in [-0.2, -0.15) is 0 Å². The van der Waals surface area contributed by atoms with Crippen LogP contribution in [0.2, 0.25) is 5.02 Å². The monoisotopic (exact) mass is 547 g/mol. The largest absolute Gasteiger partial charge is 0.489 e. The molecule has 0 saturated carbocycles. The molecule has 204 valence electrons. The number of ether oxygens (including phenoxy) is 2. The van der Waals surface area contributed by atoms with Crippen molar-refractivity contribution in [3.8, 4) is 5.75 Å². The summed E-state index contributed by atoms with van der Waals surface area (Å²) < 4.78 is 23.8. The van der Waals surface area contributed by atoms with Gasteiger partial charge in [0.25, 0.3) is 0 Å². The van der Waals surface area contributed by atoms with Crippen LogP contribution in [0.1, 0.15) is 63.9 Å². The predicted octanol–water partition coefficient (Wildman–Crippen LogP) is 7.54. The van der Waals surface area contributed by atoms with Gasteiger partial charge in [0.2, 0.25) is 0 Å². The fourth-order valence-electron chi connectivity index (χ4n) is 5.77. The number of fused-ring (bicyclic) bond motifs is 1. The number of methoxy groups -OCH3 is 1. The SMILES string of the molecule is COC(=O)c1ccc2c(c1)CCCC(c1ccc(C)cc1Cl)=C2c1ccc(O[C@H]2CCN(CCCF)C2)cc1. The van der Waals surface area contributed by atoms with Gasteiger partial charge in [0.15, 0.2) is 0 Å². The number of alkyl halides is 1. The lowest BCUT2D eigenvalue weighted by molar-refractivity contribution is 0.0600. The molecule has 1 aliphatic carbocycles. The molecule has 4 nitrogen and oxygen atoms in total. The first-order valence-corrected chi connectivity index (χ1v) is 14.1. The molecule has 39 heavy (non-hydrogen) atoms. The number of likely N-dealkylation sites (tertiary alicyclic amines) is 1. The zero-order chi connectivity index (χ0) is 27.4. The van der Waals surface area contributed by atoms with Crippen molar-refractivity contribution in [2.24, 2.45) is 0 Å². The number of allylic oxidation sites excluding steroid dienone is 1. The van der Waals surface area contributed by atoms with Gasteiger partial charge < -0.3 is 9.47 Å². The minimum Gasteiger partial charge on any atom is -0.489 e. The topological polar surface area (TPSA) is 38.8 Å². The smallest absolute Gasteiger partial charge is 0.337 e. The third-order valence-corrected chi connectivity index (χ3v) is 8.02. The number of halogens is 2. The van der Waals surface area contributed by atoms with E-state index in [1.165, 1.54) is 12.7 Å². The summed E-state index contributed by atoms with van der Waals surface area (Å²) in [4.78, 5) is 14.5. The van der Waals surface area contributed by atoms with Crippen LogP contribution in [-0.2, 0) is 11.2 Å². The maximum Gasteiger partial charge on any atom is 0.337 e. The number of aryl methyl sites for hydroxylation is 2. The number of carbonyl (C=O) groups is 1. The molecule has 3 aromatic rings. The molecule has 0 aromatic heterocycles. The highest BCUT2D eigenvalue weighted by Crippen LogP contribution is 2.42. The van der Waals surface area contributed by atoms with Gasteiger partial charge in [-0.15, -0.1) is 0 Å². The molecule has 1 fully saturated rings. The highest BCUT2D eigenvalue weighted by atomic mass is 35.5. The van der Waals surface area contributed by atoms with Crippen LogP contribution in [0.4, 0.5) is 4.39 Å². The zero-order valence-corrected chi connectivity index (χ0v) is 23.4. The summed E-state index contributed by atoms with van der Waals surface area (Å²) in [5.41, 5.74) is 8.39. The molecule has 1 atom stereocenters. The number of hydrogen-bond donors (Lipinski definition) is 0. The molecule has 0 amide bonds. The average Bonchev–Trinajstić information content (AvgIpc) is 3.30. The van der Waals surface area contributed by atoms with Gasteiger partial charge in [-0.05, 0) is 108 Å². The average molecular weight is 548 g/mol. The molecular weight excluding hydrogens is 513 g/mol. The van der Waals surface area contributed by atoms with E-state index in [1.807, 2.05) is 43.3 Å². The molecule has 1 heterocycles. The molecule has 6 heteroatoms. The standard InChI is InChI=1S/C33H35ClFNO3/c1-22-7-13-29(31(34)19-22)30-6-3-5-24-20-25(33(37)38-2)10-14-28(24)32(30)23-8-11-26(12-9-23)39-27-15-18-36(21-27)17-4-16-35/h7-14,19-20,27H,3-6,15-18,21H2,1-2H3/t27-/m0/s1. The Kier molecular flexibility index (Phi) is 8.69. The molecular formula is C33H35ClFNO3. The van der Waals surface area contributed by atoms with Crippen molar-refractivity contribution in [2.45, 2.75) is 45.1 Å². The highest BCUT2D eigenvalue weighted by molar-refractivity contribution is 6.32. The maximum atomic E-state index is 12.6. The van der Waals surface area contributed by atoms with Gasteiger partial charge in [-0.3, -0.25) is 9.29 Å². The summed E-state index contributed by atoms with van der Waals surface area (Å²) >= 11 is 6.81. The minimum atomic E-state index is -0.328. The molecule has 2 aliphatic rings. The van der Waals surface area contributed by atoms with Crippen LogP contribution in [0.15, 0.2) is 60.7 Å². The summed E-state index contributed by atoms with van der Waals surface area (Å²) in [6, 6.07) is 20.4. The van der Waals surface area contributed by atoms with Crippen LogP contribution in [0.3, 0.4) is 0 Å². The first kappa shape index (κ1) is 27.4. The fraction of sp³-hybridized carbons (Fsp3) is 0.364. The summed E-state index contributed by atoms with van der Waals surface area (Å²) in [5, 5.41) is 0.746. The third-order valence-electron chi connectivity index (χ3n) is 7.70. The lowest BCUT2D eigenvalue weighted by atomic mass is 9.87. The number of carbonyl (C=O) groups excluding carboxylic acids is 1. The molecule has 0 unspecified atom stereocenters. The van der Waals surface area contributed by atoms with Gasteiger partial charge in [-0.25, -0.2) is 4.79 Å². The van der Waals surface area contributed by atoms with Gasteiger partial charge in [0.1, 0.15) is 11.9 Å². The molecule has 1 aliphatic heterocycles. The number of esters is 1. The molecule has 5 rings (SSSR count). The Hall–Kier alpha value is -3.15. The van der Waals surface area contributed by atoms with Gasteiger partial charge in [0.05, 0.1) is 19.3 Å². The van der Waals surface area contributed by atoms with Gasteiger partial charge in [-0.1, -0.05) is 41.9 Å². The Labute approximate surface area is 235 Å². The summed E-state index contributed by atoms with van der Waals surface area (Å²) in [6.45, 7) is 4.33. The molecule has 0 spiro atoms. The minimum absolute atomic E-state index is 0.118. The summed E-state index contributed by atoms with van der Waals surface area (Å²) in [7, 11) is 1.41. The molecule has 3 aromatic carbocycles. The molecule has 1 saturated heterocycles. The lowest BCUT2D eigenvalue weighted by Gasteiger charge is -2.19. The van der Waals surface area contributed by atoms with Crippen molar-refractivity contribution in [3.63, 3.8) is 0 Å². The Morgan fingerprint density at radius 3 is 2.59 bits per heavy atom. The van der Waals surface area contributed by atoms with E-state index in [1.54, 1.807) is 0 Å². The second-order valence-corrected chi connectivity index (χ2v) is 10.9. The van der Waals surface area contributed by atoms with E-state index in [0.717, 1.165) is 89.5 Å². The van der Waals surface area contributed by atoms with E-state index >= 15 is 0 Å². The molecule has 0 radical (unpaired) electrons. The van der Waals surface area contributed by atoms with Gasteiger partial charge in [0, 0.05) is 24.7 Å². The number of benzene rings is 3. The second kappa shape index (κ2) is 12.4. The Bertz CT molecular complexity index is 1370. The van der Waals surface area contributed by atoms with Crippen molar-refractivity contribution in [2.75, 3.05) is 33.4 Å². The maximum absolute atomic E-state index is 12.6. The van der Waals surface area contributed by atoms with Crippen LogP contribution in [-0.4, -0.2) is 50.4 Å². The quantitative estimate of drug-likeness (QED) is 0.273. The van der Waals surface area contributed by atoms with Crippen LogP contribution in [0.25, 0.3) is 11.1 Å². The van der Waals surface area contributed by atoms with Crippen molar-refractivity contribution < 1.29 is 18.7 Å². The first-order chi connectivity index (χ1) is 19.0. The normalized spacial score (nSPS) is 17.6. The predicted molar refractivity (Wildman–Crippen MR) is 155 cm³/mol. The van der Waals surface area contributed by atoms with Crippen molar-refractivity contribution in [1.29, 1.82) is 0 Å². The van der Waals surface area contributed by atoms with Gasteiger partial charge >= 0.3 is 5.97 Å². The van der Waals surface area contributed by atoms with E-state index < -0.39 is 0 Å². The lowest BCUT2D eigenvalue weighted by Crippen LogP contribution is -2.26. The Morgan fingerprint density at radius 1 is 1.05 bits per heavy atom. The van der Waals surface area contributed by atoms with E-state index in [-0.39, 0.29) is 18.7 Å². The van der Waals surface area contributed by atoms with Crippen molar-refractivity contribution >= 4 is 28.7 Å². The van der Waals surface area contributed by atoms with Crippen molar-refractivity contribution in [1.82, 2.24) is 4.90 Å². The Morgan fingerprint density at radius 2 is 1.85 bits per heavy atom. The summed E-state index contributed by atoms with van der Waals surface area (Å²) in [6.07, 6.45) is 4.32. The summed E-state index contributed by atoms with van der Waals surface area (Å²) in [5.74, 6) is 0.507. The number of nitrogens with zero attached hydrogens (tertiary/aromatic N) is 1. The van der Waals surface area contributed by atoms with Crippen LogP contribution in [0.5, 0.6) is 5.75 Å². The van der Waals surface area contributed by atoms with E-state index in [0.29, 0.717) is 12.0 Å². The highest BCUT2D eigenvalue weighted by Gasteiger charge is 2.25. The first-order valence-electron chi connectivity index (χ1n) is 13.7. The van der Waals surface area contributed by atoms with E-state index in [9.17, 15) is 9.18 Å². The number of rotatable bonds is 8. The number of hydrogen-bond acceptors (Lipinski definition) is 4. The van der Waals surface area contributed by atoms with E-state index in [2.05, 4.69) is 29.2 Å². The molecule has 0 N–H and O–H groups in total. The third kappa shape index (κ3) is 6.21. The zero-order valence-electron chi connectivity index (χ0n) is 22.6. The Balaban J connectivity index is 1.51. The van der Waals surface area contributed by atoms with Crippen molar-refractivity contribution in [3.05, 3.63) is 99.1 Å². The van der Waals surface area contributed by atoms with Crippen LogP contribution < -0.4 is 4.74 Å². The fourth-order valence-corrected chi connectivity index (χ4v) is 6.12. The van der Waals surface area contributed by atoms with Crippen LogP contribution >= 0.6 is 11.6 Å². The van der Waals surface area contributed by atoms with Crippen LogP contribution in [0, 0.1) is 6.92 Å². The second-order valence-electron chi connectivity index (χ2n) is 10.4. The molecule has 0 bridgehead atoms. The van der Waals surface area contributed by atoms with E-state index in [4.69, 9.17) is 21.1 Å².